The SMILES string of the molecule is COc1ccccc1-c1nc(COC(=O)c2ccccc2Cc2ccccc2)cs1. The zero-order chi connectivity index (χ0) is 20.8. The van der Waals surface area contributed by atoms with E-state index in [-0.39, 0.29) is 12.6 Å². The Balaban J connectivity index is 1.45. The molecule has 0 radical (unpaired) electrons. The summed E-state index contributed by atoms with van der Waals surface area (Å²) >= 11 is 1.50. The lowest BCUT2D eigenvalue weighted by molar-refractivity contribution is 0.0467. The average Bonchev–Trinajstić information content (AvgIpc) is 3.27. The molecule has 0 saturated heterocycles. The van der Waals surface area contributed by atoms with E-state index in [9.17, 15) is 4.79 Å². The molecule has 3 aromatic carbocycles. The number of carbonyl (C=O) groups is 1. The van der Waals surface area contributed by atoms with Gasteiger partial charge >= 0.3 is 5.97 Å². The first-order valence-corrected chi connectivity index (χ1v) is 10.5. The third-order valence-corrected chi connectivity index (χ3v) is 5.64. The monoisotopic (exact) mass is 415 g/mol. The Morgan fingerprint density at radius 3 is 2.50 bits per heavy atom. The van der Waals surface area contributed by atoms with Crippen molar-refractivity contribution in [3.63, 3.8) is 0 Å². The summed E-state index contributed by atoms with van der Waals surface area (Å²) in [7, 11) is 1.64. The van der Waals surface area contributed by atoms with E-state index < -0.39 is 0 Å². The molecule has 0 unspecified atom stereocenters. The summed E-state index contributed by atoms with van der Waals surface area (Å²) in [6.45, 7) is 0.129. The topological polar surface area (TPSA) is 48.4 Å². The molecule has 0 bridgehead atoms. The van der Waals surface area contributed by atoms with Gasteiger partial charge in [-0.3, -0.25) is 0 Å². The number of hydrogen-bond donors (Lipinski definition) is 0. The standard InChI is InChI=1S/C25H21NO3S/c1-28-23-14-8-7-13-22(23)24-26-20(17-30-24)16-29-25(27)21-12-6-5-11-19(21)15-18-9-3-2-4-10-18/h2-14,17H,15-16H2,1H3. The molecule has 1 heterocycles. The molecule has 30 heavy (non-hydrogen) atoms. The number of aromatic nitrogens is 1. The summed E-state index contributed by atoms with van der Waals surface area (Å²) in [6.07, 6.45) is 0.681. The molecule has 0 atom stereocenters. The molecule has 0 aliphatic rings. The fourth-order valence-corrected chi connectivity index (χ4v) is 4.06. The normalized spacial score (nSPS) is 10.6. The van der Waals surface area contributed by atoms with E-state index in [4.69, 9.17) is 9.47 Å². The van der Waals surface area contributed by atoms with E-state index in [1.807, 2.05) is 72.1 Å². The van der Waals surface area contributed by atoms with Crippen molar-refractivity contribution in [3.05, 3.63) is 107 Å². The van der Waals surface area contributed by atoms with Crippen LogP contribution in [0.1, 0.15) is 27.2 Å². The number of carbonyl (C=O) groups excluding carboxylic acids is 1. The molecule has 0 aliphatic carbocycles. The Morgan fingerprint density at radius 1 is 0.933 bits per heavy atom. The summed E-state index contributed by atoms with van der Waals surface area (Å²) in [4.78, 5) is 17.3. The zero-order valence-corrected chi connectivity index (χ0v) is 17.4. The molecule has 4 nitrogen and oxygen atoms in total. The van der Waals surface area contributed by atoms with E-state index in [2.05, 4.69) is 17.1 Å². The number of nitrogens with zero attached hydrogens (tertiary/aromatic N) is 1. The Kier molecular flexibility index (Phi) is 6.20. The van der Waals surface area contributed by atoms with Crippen molar-refractivity contribution in [3.8, 4) is 16.3 Å². The van der Waals surface area contributed by atoms with Gasteiger partial charge in [0.2, 0.25) is 0 Å². The van der Waals surface area contributed by atoms with Crippen molar-refractivity contribution in [2.45, 2.75) is 13.0 Å². The van der Waals surface area contributed by atoms with Crippen LogP contribution in [-0.2, 0) is 17.8 Å². The van der Waals surface area contributed by atoms with Gasteiger partial charge in [-0.15, -0.1) is 11.3 Å². The van der Waals surface area contributed by atoms with Gasteiger partial charge in [0.05, 0.1) is 23.9 Å². The molecule has 0 N–H and O–H groups in total. The second kappa shape index (κ2) is 9.37. The fourth-order valence-electron chi connectivity index (χ4n) is 3.22. The molecule has 0 amide bonds. The molecular formula is C25H21NO3S. The van der Waals surface area contributed by atoms with Crippen LogP contribution in [0.4, 0.5) is 0 Å². The predicted molar refractivity (Wildman–Crippen MR) is 119 cm³/mol. The van der Waals surface area contributed by atoms with Gasteiger partial charge in [-0.05, 0) is 35.7 Å². The molecular weight excluding hydrogens is 394 g/mol. The lowest BCUT2D eigenvalue weighted by atomic mass is 10.00. The third-order valence-electron chi connectivity index (χ3n) is 4.71. The van der Waals surface area contributed by atoms with Gasteiger partial charge in [-0.25, -0.2) is 9.78 Å². The molecule has 0 spiro atoms. The number of thiazole rings is 1. The molecule has 150 valence electrons. The Bertz CT molecular complexity index is 1140. The Hall–Kier alpha value is -3.44. The maximum atomic E-state index is 12.7. The van der Waals surface area contributed by atoms with Crippen LogP contribution in [0.15, 0.2) is 84.2 Å². The number of rotatable bonds is 7. The molecule has 0 aliphatic heterocycles. The predicted octanol–water partition coefficient (Wildman–Crippen LogP) is 5.77. The maximum Gasteiger partial charge on any atom is 0.338 e. The lowest BCUT2D eigenvalue weighted by Gasteiger charge is -2.09. The largest absolute Gasteiger partial charge is 0.496 e. The highest BCUT2D eigenvalue weighted by Gasteiger charge is 2.15. The van der Waals surface area contributed by atoms with Gasteiger partial charge in [-0.1, -0.05) is 60.7 Å². The first-order valence-electron chi connectivity index (χ1n) is 9.61. The average molecular weight is 416 g/mol. The highest BCUT2D eigenvalue weighted by Crippen LogP contribution is 2.32. The molecule has 0 fully saturated rings. The summed E-state index contributed by atoms with van der Waals surface area (Å²) in [5.74, 6) is 0.429. The van der Waals surface area contributed by atoms with Crippen LogP contribution >= 0.6 is 11.3 Å². The van der Waals surface area contributed by atoms with E-state index in [0.29, 0.717) is 12.0 Å². The zero-order valence-electron chi connectivity index (χ0n) is 16.6. The van der Waals surface area contributed by atoms with E-state index in [1.54, 1.807) is 7.11 Å². The second-order valence-electron chi connectivity index (χ2n) is 6.74. The second-order valence-corrected chi connectivity index (χ2v) is 7.60. The van der Waals surface area contributed by atoms with Crippen molar-refractivity contribution in [2.75, 3.05) is 7.11 Å². The molecule has 0 saturated carbocycles. The summed E-state index contributed by atoms with van der Waals surface area (Å²) in [6, 6.07) is 25.4. The highest BCUT2D eigenvalue weighted by atomic mass is 32.1. The van der Waals surface area contributed by atoms with Crippen molar-refractivity contribution in [1.82, 2.24) is 4.98 Å². The molecule has 5 heteroatoms. The first kappa shape index (κ1) is 19.9. The van der Waals surface area contributed by atoms with Crippen LogP contribution in [0.25, 0.3) is 10.6 Å². The van der Waals surface area contributed by atoms with Crippen molar-refractivity contribution in [2.24, 2.45) is 0 Å². The van der Waals surface area contributed by atoms with Gasteiger partial charge in [0.1, 0.15) is 17.4 Å². The number of hydrogen-bond acceptors (Lipinski definition) is 5. The molecule has 1 aromatic heterocycles. The van der Waals surface area contributed by atoms with Crippen molar-refractivity contribution in [1.29, 1.82) is 0 Å². The maximum absolute atomic E-state index is 12.7. The summed E-state index contributed by atoms with van der Waals surface area (Å²) < 4.78 is 11.0. The number of para-hydroxylation sites is 1. The number of esters is 1. The van der Waals surface area contributed by atoms with E-state index in [1.165, 1.54) is 11.3 Å². The minimum atomic E-state index is -0.339. The number of ether oxygens (including phenoxy) is 2. The summed E-state index contributed by atoms with van der Waals surface area (Å²) in [5.41, 5.74) is 4.33. The Labute approximate surface area is 179 Å². The van der Waals surface area contributed by atoms with Crippen LogP contribution in [0, 0.1) is 0 Å². The lowest BCUT2D eigenvalue weighted by Crippen LogP contribution is -2.09. The summed E-state index contributed by atoms with van der Waals surface area (Å²) in [5, 5.41) is 2.74. The van der Waals surface area contributed by atoms with Gasteiger partial charge in [-0.2, -0.15) is 0 Å². The van der Waals surface area contributed by atoms with Crippen LogP contribution in [0.5, 0.6) is 5.75 Å². The van der Waals surface area contributed by atoms with E-state index in [0.717, 1.165) is 33.1 Å². The fraction of sp³-hybridized carbons (Fsp3) is 0.120. The Morgan fingerprint density at radius 2 is 1.67 bits per heavy atom. The van der Waals surface area contributed by atoms with Crippen LogP contribution in [0.2, 0.25) is 0 Å². The van der Waals surface area contributed by atoms with Crippen LogP contribution < -0.4 is 4.74 Å². The van der Waals surface area contributed by atoms with Gasteiger partial charge in [0, 0.05) is 5.38 Å². The van der Waals surface area contributed by atoms with E-state index >= 15 is 0 Å². The minimum Gasteiger partial charge on any atom is -0.496 e. The number of benzene rings is 3. The van der Waals surface area contributed by atoms with Crippen LogP contribution in [0.3, 0.4) is 0 Å². The molecule has 4 aromatic rings. The van der Waals surface area contributed by atoms with Crippen molar-refractivity contribution >= 4 is 17.3 Å². The smallest absolute Gasteiger partial charge is 0.338 e. The van der Waals surface area contributed by atoms with Gasteiger partial charge in [0.25, 0.3) is 0 Å². The highest BCUT2D eigenvalue weighted by molar-refractivity contribution is 7.13. The number of methoxy groups -OCH3 is 1. The first-order chi connectivity index (χ1) is 14.7. The van der Waals surface area contributed by atoms with Gasteiger partial charge < -0.3 is 9.47 Å². The third kappa shape index (κ3) is 4.58. The quantitative estimate of drug-likeness (QED) is 0.360. The van der Waals surface area contributed by atoms with Crippen molar-refractivity contribution < 1.29 is 14.3 Å². The van der Waals surface area contributed by atoms with Crippen LogP contribution in [-0.4, -0.2) is 18.1 Å². The minimum absolute atomic E-state index is 0.129. The molecule has 4 rings (SSSR count). The van der Waals surface area contributed by atoms with Gasteiger partial charge in [0.15, 0.2) is 0 Å².